The Hall–Kier alpha value is -1.29. The van der Waals surface area contributed by atoms with E-state index in [0.717, 1.165) is 57.3 Å². The van der Waals surface area contributed by atoms with Gasteiger partial charge in [0.1, 0.15) is 5.76 Å². The van der Waals surface area contributed by atoms with Gasteiger partial charge in [0.15, 0.2) is 0 Å². The van der Waals surface area contributed by atoms with E-state index in [1.54, 1.807) is 6.26 Å². The van der Waals surface area contributed by atoms with Gasteiger partial charge in [-0.3, -0.25) is 4.79 Å². The molecule has 1 aliphatic carbocycles. The Balaban J connectivity index is 1.74. The molecule has 1 amide bonds. The lowest BCUT2D eigenvalue weighted by Crippen LogP contribution is -2.40. The lowest BCUT2D eigenvalue weighted by Gasteiger charge is -2.34. The third-order valence-corrected chi connectivity index (χ3v) is 4.95. The van der Waals surface area contributed by atoms with Crippen LogP contribution in [0.2, 0.25) is 0 Å². The molecule has 2 aliphatic rings. The van der Waals surface area contributed by atoms with E-state index in [1.165, 1.54) is 6.42 Å². The fourth-order valence-corrected chi connectivity index (χ4v) is 3.71. The maximum atomic E-state index is 12.9. The second kappa shape index (κ2) is 6.65. The predicted molar refractivity (Wildman–Crippen MR) is 79.6 cm³/mol. The minimum atomic E-state index is -0.209. The predicted octanol–water partition coefficient (Wildman–Crippen LogP) is 3.27. The largest absolute Gasteiger partial charge is 0.467 e. The normalized spacial score (nSPS) is 30.9. The highest BCUT2D eigenvalue weighted by Crippen LogP contribution is 2.34. The number of hydrogen-bond donors (Lipinski definition) is 1. The van der Waals surface area contributed by atoms with E-state index in [2.05, 4.69) is 0 Å². The zero-order valence-corrected chi connectivity index (χ0v) is 12.5. The molecule has 0 radical (unpaired) electrons. The molecule has 0 spiro atoms. The highest BCUT2D eigenvalue weighted by molar-refractivity contribution is 5.79. The van der Waals surface area contributed by atoms with Crippen LogP contribution in [0.15, 0.2) is 22.8 Å². The molecule has 1 atom stereocenters. The van der Waals surface area contributed by atoms with E-state index in [0.29, 0.717) is 0 Å². The number of hydrogen-bond acceptors (Lipinski definition) is 3. The van der Waals surface area contributed by atoms with Crippen molar-refractivity contribution in [1.82, 2.24) is 4.90 Å². The molecule has 2 heterocycles. The average molecular weight is 291 g/mol. The molecule has 4 nitrogen and oxygen atoms in total. The molecule has 1 aromatic heterocycles. The standard InChI is InChI=1S/C17H25NO3/c19-14-9-7-13(8-10-14)17(20)18-11-3-1-2-5-15(18)16-6-4-12-21-16/h4,6,12-15,19H,1-3,5,7-11H2. The third kappa shape index (κ3) is 3.31. The van der Waals surface area contributed by atoms with Crippen LogP contribution in [0.3, 0.4) is 0 Å². The minimum absolute atomic E-state index is 0.0870. The molecule has 4 heteroatoms. The van der Waals surface area contributed by atoms with Gasteiger partial charge in [-0.25, -0.2) is 0 Å². The Bertz CT molecular complexity index is 449. The van der Waals surface area contributed by atoms with E-state index in [9.17, 15) is 9.90 Å². The number of aliphatic hydroxyl groups is 1. The van der Waals surface area contributed by atoms with Crippen molar-refractivity contribution < 1.29 is 14.3 Å². The van der Waals surface area contributed by atoms with Gasteiger partial charge < -0.3 is 14.4 Å². The van der Waals surface area contributed by atoms with Gasteiger partial charge in [-0.1, -0.05) is 12.8 Å². The average Bonchev–Trinajstić information content (AvgIpc) is 2.92. The van der Waals surface area contributed by atoms with Crippen LogP contribution in [0.5, 0.6) is 0 Å². The van der Waals surface area contributed by atoms with Crippen LogP contribution in [-0.4, -0.2) is 28.6 Å². The second-order valence-electron chi connectivity index (χ2n) is 6.42. The van der Waals surface area contributed by atoms with Crippen LogP contribution in [0.4, 0.5) is 0 Å². The summed E-state index contributed by atoms with van der Waals surface area (Å²) in [5.41, 5.74) is 0. The van der Waals surface area contributed by atoms with Gasteiger partial charge in [0.25, 0.3) is 0 Å². The molecule has 1 saturated heterocycles. The van der Waals surface area contributed by atoms with Crippen LogP contribution in [0, 0.1) is 5.92 Å². The Kier molecular flexibility index (Phi) is 4.63. The van der Waals surface area contributed by atoms with Crippen LogP contribution in [0.25, 0.3) is 0 Å². The third-order valence-electron chi connectivity index (χ3n) is 4.95. The number of carbonyl (C=O) groups is 1. The number of amides is 1. The van der Waals surface area contributed by atoms with Crippen molar-refractivity contribution in [1.29, 1.82) is 0 Å². The molecule has 116 valence electrons. The molecular weight excluding hydrogens is 266 g/mol. The SMILES string of the molecule is O=C(C1CCC(O)CC1)N1CCCCCC1c1ccco1. The summed E-state index contributed by atoms with van der Waals surface area (Å²) in [5, 5.41) is 9.63. The second-order valence-corrected chi connectivity index (χ2v) is 6.42. The molecule has 1 N–H and O–H groups in total. The number of nitrogens with zero attached hydrogens (tertiary/aromatic N) is 1. The van der Waals surface area contributed by atoms with Crippen molar-refractivity contribution in [3.63, 3.8) is 0 Å². The number of likely N-dealkylation sites (tertiary alicyclic amines) is 1. The smallest absolute Gasteiger partial charge is 0.226 e. The van der Waals surface area contributed by atoms with Gasteiger partial charge in [-0.2, -0.15) is 0 Å². The lowest BCUT2D eigenvalue weighted by atomic mass is 9.86. The quantitative estimate of drug-likeness (QED) is 0.909. The fourth-order valence-electron chi connectivity index (χ4n) is 3.71. The Morgan fingerprint density at radius 1 is 1.14 bits per heavy atom. The number of aliphatic hydroxyl groups excluding tert-OH is 1. The van der Waals surface area contributed by atoms with Crippen LogP contribution < -0.4 is 0 Å². The molecule has 1 unspecified atom stereocenters. The van der Waals surface area contributed by atoms with Gasteiger partial charge in [0.05, 0.1) is 18.4 Å². The lowest BCUT2D eigenvalue weighted by molar-refractivity contribution is -0.140. The number of rotatable bonds is 2. The van der Waals surface area contributed by atoms with Crippen LogP contribution in [0.1, 0.15) is 63.2 Å². The highest BCUT2D eigenvalue weighted by Gasteiger charge is 2.34. The van der Waals surface area contributed by atoms with Crippen molar-refractivity contribution >= 4 is 5.91 Å². The summed E-state index contributed by atoms with van der Waals surface area (Å²) in [5.74, 6) is 1.27. The maximum absolute atomic E-state index is 12.9. The molecule has 0 aromatic carbocycles. The molecule has 2 fully saturated rings. The van der Waals surface area contributed by atoms with Crippen molar-refractivity contribution in [2.24, 2.45) is 5.92 Å². The van der Waals surface area contributed by atoms with Gasteiger partial charge in [0.2, 0.25) is 5.91 Å². The van der Waals surface area contributed by atoms with Crippen molar-refractivity contribution in [3.05, 3.63) is 24.2 Å². The summed E-state index contributed by atoms with van der Waals surface area (Å²) in [7, 11) is 0. The van der Waals surface area contributed by atoms with Gasteiger partial charge in [0, 0.05) is 12.5 Å². The zero-order chi connectivity index (χ0) is 14.7. The first-order valence-corrected chi connectivity index (χ1v) is 8.27. The van der Waals surface area contributed by atoms with E-state index in [1.807, 2.05) is 17.0 Å². The van der Waals surface area contributed by atoms with Crippen LogP contribution in [-0.2, 0) is 4.79 Å². The molecule has 3 rings (SSSR count). The maximum Gasteiger partial charge on any atom is 0.226 e. The summed E-state index contributed by atoms with van der Waals surface area (Å²) in [6.45, 7) is 0.837. The molecule has 21 heavy (non-hydrogen) atoms. The van der Waals surface area contributed by atoms with Crippen molar-refractivity contribution in [3.8, 4) is 0 Å². The highest BCUT2D eigenvalue weighted by atomic mass is 16.3. The molecule has 1 aliphatic heterocycles. The summed E-state index contributed by atoms with van der Waals surface area (Å²) < 4.78 is 5.58. The van der Waals surface area contributed by atoms with Crippen LogP contribution >= 0.6 is 0 Å². The van der Waals surface area contributed by atoms with E-state index in [4.69, 9.17) is 4.42 Å². The van der Waals surface area contributed by atoms with Crippen molar-refractivity contribution in [2.75, 3.05) is 6.54 Å². The molecular formula is C17H25NO3. The topological polar surface area (TPSA) is 53.7 Å². The summed E-state index contributed by atoms with van der Waals surface area (Å²) >= 11 is 0. The first-order valence-electron chi connectivity index (χ1n) is 8.27. The van der Waals surface area contributed by atoms with Crippen molar-refractivity contribution in [2.45, 2.75) is 63.5 Å². The zero-order valence-electron chi connectivity index (χ0n) is 12.5. The fraction of sp³-hybridized carbons (Fsp3) is 0.706. The Morgan fingerprint density at radius 2 is 1.95 bits per heavy atom. The first-order chi connectivity index (χ1) is 10.3. The van der Waals surface area contributed by atoms with E-state index < -0.39 is 0 Å². The molecule has 1 aromatic rings. The minimum Gasteiger partial charge on any atom is -0.467 e. The van der Waals surface area contributed by atoms with Gasteiger partial charge in [-0.05, 0) is 50.7 Å². The Labute approximate surface area is 126 Å². The molecule has 0 bridgehead atoms. The number of carbonyl (C=O) groups excluding carboxylic acids is 1. The Morgan fingerprint density at radius 3 is 2.67 bits per heavy atom. The first kappa shape index (κ1) is 14.6. The monoisotopic (exact) mass is 291 g/mol. The summed E-state index contributed by atoms with van der Waals surface area (Å²) in [6, 6.07) is 3.99. The van der Waals surface area contributed by atoms with Gasteiger partial charge >= 0.3 is 0 Å². The van der Waals surface area contributed by atoms with E-state index in [-0.39, 0.29) is 24.0 Å². The van der Waals surface area contributed by atoms with E-state index >= 15 is 0 Å². The number of furan rings is 1. The molecule has 1 saturated carbocycles. The summed E-state index contributed by atoms with van der Waals surface area (Å²) in [4.78, 5) is 15.0. The van der Waals surface area contributed by atoms with Gasteiger partial charge in [-0.15, -0.1) is 0 Å². The summed E-state index contributed by atoms with van der Waals surface area (Å²) in [6.07, 6.45) is 9.06.